The molecule has 24 heavy (non-hydrogen) atoms. The number of imidazole rings is 1. The van der Waals surface area contributed by atoms with Gasteiger partial charge in [0.15, 0.2) is 0 Å². The summed E-state index contributed by atoms with van der Waals surface area (Å²) in [4.78, 5) is 13.2. The molecule has 1 aliphatic heterocycles. The van der Waals surface area contributed by atoms with Gasteiger partial charge in [-0.2, -0.15) is 0 Å². The summed E-state index contributed by atoms with van der Waals surface area (Å²) in [7, 11) is 0. The molecule has 1 aliphatic carbocycles. The van der Waals surface area contributed by atoms with Gasteiger partial charge in [0.2, 0.25) is 0 Å². The molecular formula is C17H17FN6. The second-order valence-corrected chi connectivity index (χ2v) is 6.61. The number of aromatic nitrogens is 4. The van der Waals surface area contributed by atoms with Gasteiger partial charge in [0.1, 0.15) is 23.0 Å². The molecule has 2 aliphatic rings. The maximum Gasteiger partial charge on any atom is 0.145 e. The van der Waals surface area contributed by atoms with Crippen LogP contribution in [0.1, 0.15) is 12.8 Å². The van der Waals surface area contributed by atoms with Gasteiger partial charge in [0.25, 0.3) is 0 Å². The number of nitrogens with zero attached hydrogens (tertiary/aromatic N) is 4. The summed E-state index contributed by atoms with van der Waals surface area (Å²) in [5.41, 5.74) is 2.09. The Morgan fingerprint density at radius 2 is 2.17 bits per heavy atom. The number of nitrogens with one attached hydrogen (secondary N) is 2. The van der Waals surface area contributed by atoms with Gasteiger partial charge in [-0.15, -0.1) is 0 Å². The summed E-state index contributed by atoms with van der Waals surface area (Å²) in [5.74, 6) is 1.21. The first-order valence-corrected chi connectivity index (χ1v) is 8.21. The lowest BCUT2D eigenvalue weighted by atomic mass is 10.1. The second kappa shape index (κ2) is 5.24. The molecule has 122 valence electrons. The van der Waals surface area contributed by atoms with Crippen molar-refractivity contribution in [3.8, 4) is 11.4 Å². The maximum absolute atomic E-state index is 13.5. The maximum atomic E-state index is 13.5. The standard InChI is InChI=1S/C17H17FN6/c18-11-1-2-17-21-7-15(24(17)9-11)14-6-19-8-16(23-14)22-13-4-10-3-12(13)20-5-10/h1-2,6-10,12-13,20H,3-5H2,(H,22,23)/t10-,12+,13+/m0/s1. The van der Waals surface area contributed by atoms with Crippen molar-refractivity contribution in [2.24, 2.45) is 5.92 Å². The van der Waals surface area contributed by atoms with E-state index in [1.54, 1.807) is 29.1 Å². The van der Waals surface area contributed by atoms with Gasteiger partial charge in [-0.3, -0.25) is 9.38 Å². The van der Waals surface area contributed by atoms with Gasteiger partial charge in [-0.25, -0.2) is 14.4 Å². The Labute approximate surface area is 138 Å². The minimum absolute atomic E-state index is 0.308. The molecule has 3 aromatic heterocycles. The highest BCUT2D eigenvalue weighted by atomic mass is 19.1. The quantitative estimate of drug-likeness (QED) is 0.772. The number of hydrogen-bond acceptors (Lipinski definition) is 5. The molecule has 5 rings (SSSR count). The van der Waals surface area contributed by atoms with E-state index in [4.69, 9.17) is 0 Å². The van der Waals surface area contributed by atoms with E-state index in [0.29, 0.717) is 23.4 Å². The number of rotatable bonds is 3. The molecule has 0 unspecified atom stereocenters. The van der Waals surface area contributed by atoms with Crippen molar-refractivity contribution in [1.29, 1.82) is 0 Å². The molecule has 2 N–H and O–H groups in total. The van der Waals surface area contributed by atoms with Gasteiger partial charge < -0.3 is 10.6 Å². The van der Waals surface area contributed by atoms with Crippen LogP contribution in [0.15, 0.2) is 36.9 Å². The Balaban J connectivity index is 1.47. The minimum Gasteiger partial charge on any atom is -0.364 e. The summed E-state index contributed by atoms with van der Waals surface area (Å²) in [6.07, 6.45) is 8.93. The van der Waals surface area contributed by atoms with Crippen molar-refractivity contribution < 1.29 is 4.39 Å². The number of piperidine rings is 1. The molecule has 6 nitrogen and oxygen atoms in total. The monoisotopic (exact) mass is 324 g/mol. The summed E-state index contributed by atoms with van der Waals surface area (Å²) in [6.45, 7) is 1.13. The van der Waals surface area contributed by atoms with Gasteiger partial charge >= 0.3 is 0 Å². The van der Waals surface area contributed by atoms with Crippen molar-refractivity contribution in [2.75, 3.05) is 11.9 Å². The zero-order valence-electron chi connectivity index (χ0n) is 13.0. The van der Waals surface area contributed by atoms with E-state index in [0.717, 1.165) is 24.0 Å². The molecule has 0 amide bonds. The largest absolute Gasteiger partial charge is 0.364 e. The van der Waals surface area contributed by atoms with Gasteiger partial charge in [-0.05, 0) is 37.4 Å². The zero-order valence-corrected chi connectivity index (χ0v) is 13.0. The lowest BCUT2D eigenvalue weighted by Crippen LogP contribution is -2.41. The number of fused-ring (bicyclic) bond motifs is 3. The topological polar surface area (TPSA) is 67.1 Å². The highest BCUT2D eigenvalue weighted by Gasteiger charge is 2.39. The molecule has 1 saturated carbocycles. The SMILES string of the molecule is Fc1ccc2ncc(-c3cncc(N[C@@H]4C[C@H]5CN[C@@H]4C5)n3)n2c1. The van der Waals surface area contributed by atoms with Crippen LogP contribution in [0, 0.1) is 11.7 Å². The highest BCUT2D eigenvalue weighted by molar-refractivity contribution is 5.60. The van der Waals surface area contributed by atoms with Gasteiger partial charge in [0.05, 0.1) is 24.3 Å². The van der Waals surface area contributed by atoms with Crippen LogP contribution in [0.2, 0.25) is 0 Å². The third-order valence-corrected chi connectivity index (χ3v) is 5.03. The Morgan fingerprint density at radius 3 is 3.00 bits per heavy atom. The normalized spacial score (nSPS) is 25.5. The van der Waals surface area contributed by atoms with Gasteiger partial charge in [-0.1, -0.05) is 0 Å². The summed E-state index contributed by atoms with van der Waals surface area (Å²) in [6, 6.07) is 3.96. The first-order chi connectivity index (χ1) is 11.8. The minimum atomic E-state index is -0.308. The number of pyridine rings is 1. The van der Waals surface area contributed by atoms with E-state index in [2.05, 4.69) is 25.6 Å². The molecule has 0 radical (unpaired) electrons. The van der Waals surface area contributed by atoms with E-state index in [1.807, 2.05) is 0 Å². The number of halogens is 1. The van der Waals surface area contributed by atoms with Crippen molar-refractivity contribution in [3.63, 3.8) is 0 Å². The van der Waals surface area contributed by atoms with E-state index in [-0.39, 0.29) is 5.82 Å². The third kappa shape index (κ3) is 2.24. The molecule has 4 heterocycles. The fourth-order valence-electron chi connectivity index (χ4n) is 3.91. The summed E-state index contributed by atoms with van der Waals surface area (Å²) in [5, 5.41) is 7.03. The lowest BCUT2D eigenvalue weighted by Gasteiger charge is -2.24. The molecule has 1 saturated heterocycles. The Hall–Kier alpha value is -2.54. The molecular weight excluding hydrogens is 307 g/mol. The van der Waals surface area contributed by atoms with Crippen LogP contribution in [-0.2, 0) is 0 Å². The molecule has 0 spiro atoms. The highest BCUT2D eigenvalue weighted by Crippen LogP contribution is 2.33. The van der Waals surface area contributed by atoms with E-state index < -0.39 is 0 Å². The van der Waals surface area contributed by atoms with E-state index in [1.165, 1.54) is 25.1 Å². The first-order valence-electron chi connectivity index (χ1n) is 8.21. The molecule has 0 aromatic carbocycles. The van der Waals surface area contributed by atoms with Crippen molar-refractivity contribution >= 4 is 11.5 Å². The van der Waals surface area contributed by atoms with E-state index in [9.17, 15) is 4.39 Å². The predicted molar refractivity (Wildman–Crippen MR) is 88.1 cm³/mol. The first kappa shape index (κ1) is 13.9. The molecule has 7 heteroatoms. The van der Waals surface area contributed by atoms with Crippen LogP contribution in [0.3, 0.4) is 0 Å². The fourth-order valence-corrected chi connectivity index (χ4v) is 3.91. The smallest absolute Gasteiger partial charge is 0.145 e. The predicted octanol–water partition coefficient (Wildman–Crippen LogP) is 2.09. The Morgan fingerprint density at radius 1 is 1.21 bits per heavy atom. The molecule has 3 atom stereocenters. The second-order valence-electron chi connectivity index (χ2n) is 6.61. The molecule has 2 bridgehead atoms. The van der Waals surface area contributed by atoms with Crippen LogP contribution in [-0.4, -0.2) is 38.0 Å². The van der Waals surface area contributed by atoms with Crippen LogP contribution in [0.25, 0.3) is 17.0 Å². The summed E-state index contributed by atoms with van der Waals surface area (Å²) < 4.78 is 15.2. The lowest BCUT2D eigenvalue weighted by molar-refractivity contribution is 0.465. The van der Waals surface area contributed by atoms with Crippen molar-refractivity contribution in [1.82, 2.24) is 24.7 Å². The van der Waals surface area contributed by atoms with E-state index >= 15 is 0 Å². The summed E-state index contributed by atoms with van der Waals surface area (Å²) >= 11 is 0. The number of anilines is 1. The Kier molecular flexibility index (Phi) is 3.02. The van der Waals surface area contributed by atoms with Crippen LogP contribution < -0.4 is 10.6 Å². The Bertz CT molecular complexity index is 907. The fraction of sp³-hybridized carbons (Fsp3) is 0.353. The number of hydrogen-bond donors (Lipinski definition) is 2. The van der Waals surface area contributed by atoms with Crippen LogP contribution in [0.4, 0.5) is 10.2 Å². The third-order valence-electron chi connectivity index (χ3n) is 5.03. The van der Waals surface area contributed by atoms with Gasteiger partial charge in [0, 0.05) is 18.3 Å². The van der Waals surface area contributed by atoms with Crippen molar-refractivity contribution in [3.05, 3.63) is 42.7 Å². The van der Waals surface area contributed by atoms with Crippen LogP contribution in [0.5, 0.6) is 0 Å². The average molecular weight is 324 g/mol. The zero-order chi connectivity index (χ0) is 16.1. The molecule has 3 aromatic rings. The average Bonchev–Trinajstić information content (AvgIpc) is 3.29. The van der Waals surface area contributed by atoms with Crippen LogP contribution >= 0.6 is 0 Å². The van der Waals surface area contributed by atoms with Crippen molar-refractivity contribution in [2.45, 2.75) is 24.9 Å². The molecule has 2 fully saturated rings.